The Morgan fingerprint density at radius 1 is 0.257 bits per heavy atom. The average Bonchev–Trinajstić information content (AvgIpc) is 1.59. The lowest BCUT2D eigenvalue weighted by molar-refractivity contribution is -0.991. The van der Waals surface area contributed by atoms with Crippen molar-refractivity contribution in [2.24, 2.45) is 0 Å². The summed E-state index contributed by atoms with van der Waals surface area (Å²) in [6.45, 7) is 29.1. The van der Waals surface area contributed by atoms with Crippen LogP contribution in [0.15, 0.2) is 237 Å². The van der Waals surface area contributed by atoms with E-state index in [-0.39, 0.29) is 32.5 Å². The predicted molar refractivity (Wildman–Crippen MR) is 399 cm³/mol. The first-order chi connectivity index (χ1) is 48.7. The van der Waals surface area contributed by atoms with Crippen LogP contribution >= 0.6 is 0 Å². The Labute approximate surface area is 588 Å². The lowest BCUT2D eigenvalue weighted by Crippen LogP contribution is -2.78. The Kier molecular flexibility index (Phi) is 9.28. The van der Waals surface area contributed by atoms with Gasteiger partial charge in [-0.25, -0.2) is 0 Å². The summed E-state index contributed by atoms with van der Waals surface area (Å²) in [5.41, 5.74) is 39.0. The largest absolute Gasteiger partial charge is 0.394 e. The molecule has 4 aromatic heterocycles. The summed E-state index contributed by atoms with van der Waals surface area (Å²) in [6.07, 6.45) is 11.9. The van der Waals surface area contributed by atoms with Crippen LogP contribution in [-0.4, -0.2) is 4.68 Å². The van der Waals surface area contributed by atoms with Gasteiger partial charge in [-0.15, -0.1) is 9.25 Å². The third kappa shape index (κ3) is 5.60. The number of pyridine rings is 3. The molecule has 9 heteroatoms. The molecule has 25 rings (SSSR count). The molecule has 101 heavy (non-hydrogen) atoms. The van der Waals surface area contributed by atoms with Gasteiger partial charge in [0.1, 0.15) is 39.3 Å². The molecule has 9 nitrogen and oxygen atoms in total. The molecule has 12 aliphatic heterocycles. The molecule has 16 heterocycles. The van der Waals surface area contributed by atoms with E-state index in [1.807, 2.05) is 0 Å². The van der Waals surface area contributed by atoms with Crippen molar-refractivity contribution >= 4 is 68.5 Å². The summed E-state index contributed by atoms with van der Waals surface area (Å²) in [4.78, 5) is 10.6. The second-order valence-electron chi connectivity index (χ2n) is 33.8. The van der Waals surface area contributed by atoms with Crippen LogP contribution in [0.3, 0.4) is 0 Å². The van der Waals surface area contributed by atoms with Crippen molar-refractivity contribution in [3.63, 3.8) is 0 Å². The maximum Gasteiger partial charge on any atom is 0.394 e. The molecule has 0 saturated carbocycles. The van der Waals surface area contributed by atoms with Crippen LogP contribution in [-0.2, 0) is 43.8 Å². The predicted octanol–water partition coefficient (Wildman–Crippen LogP) is 18.8. The SMILES string of the molecule is CC1(C)c2cccc3c2N2c4c1ccc1c4C4(c5c(ccc6c5N1c1ccccc1C6(C)C)-n1cc(-c5ccccc5)c[n+]14)[n+]1cccc(c12)C3(C)C.CC1(C)c2ccccc2N2c3ccc4c5c3C3(c6c(ccc1c62)-c1cccc[n+]13)[n+]1cccc2c1N5c1c(cccc1C2(C)C)C4(C)C. The fourth-order valence-electron chi connectivity index (χ4n) is 22.6. The number of aromatic nitrogens is 5. The fourth-order valence-corrected chi connectivity index (χ4v) is 22.6. The van der Waals surface area contributed by atoms with Crippen LogP contribution < -0.4 is 38.0 Å². The molecule has 0 aliphatic carbocycles. The maximum absolute atomic E-state index is 2.68. The molecule has 0 bridgehead atoms. The molecule has 0 amide bonds. The molecule has 484 valence electrons. The van der Waals surface area contributed by atoms with E-state index in [4.69, 9.17) is 0 Å². The highest BCUT2D eigenvalue weighted by atomic mass is 15.6. The van der Waals surface area contributed by atoms with E-state index in [1.54, 1.807) is 0 Å². The van der Waals surface area contributed by atoms with Crippen LogP contribution in [0.2, 0.25) is 0 Å². The van der Waals surface area contributed by atoms with Crippen molar-refractivity contribution in [2.45, 2.75) is 127 Å². The van der Waals surface area contributed by atoms with Crippen molar-refractivity contribution < 1.29 is 18.4 Å². The second-order valence-corrected chi connectivity index (χ2v) is 33.8. The van der Waals surface area contributed by atoms with Gasteiger partial charge < -0.3 is 9.80 Å². The number of fused-ring (bicyclic) bond motifs is 10. The molecule has 0 saturated heterocycles. The van der Waals surface area contributed by atoms with E-state index in [2.05, 4.69) is 363 Å². The smallest absolute Gasteiger partial charge is 0.308 e. The van der Waals surface area contributed by atoms with Gasteiger partial charge in [-0.1, -0.05) is 215 Å². The van der Waals surface area contributed by atoms with Gasteiger partial charge in [0.2, 0.25) is 11.9 Å². The summed E-state index contributed by atoms with van der Waals surface area (Å²) >= 11 is 0. The molecular formula is C92H75N9+4. The third-order valence-corrected chi connectivity index (χ3v) is 27.3. The molecule has 0 radical (unpaired) electrons. The van der Waals surface area contributed by atoms with Gasteiger partial charge in [0, 0.05) is 78.0 Å². The first-order valence-electron chi connectivity index (χ1n) is 36.4. The molecule has 13 aromatic rings. The van der Waals surface area contributed by atoms with Gasteiger partial charge in [0.15, 0.2) is 17.6 Å². The lowest BCUT2D eigenvalue weighted by atomic mass is 9.63. The number of para-hydroxylation sites is 4. The Balaban J connectivity index is 0.000000122. The van der Waals surface area contributed by atoms with Crippen LogP contribution in [0.5, 0.6) is 0 Å². The van der Waals surface area contributed by atoms with Crippen molar-refractivity contribution in [3.05, 3.63) is 326 Å². The standard InChI is InChI=1S/C48H39N5.C44H36N4/c1-45(2)30-16-10-11-20-36(30)52-38-24-22-34-43-40(38)48(39-37(23-21-33(45)42(39)52)50-26-29(27-51(48)50)28-14-8-7-9-15-28)49-25-13-19-35-44(49)53(43)41-31(46(34,3)4)17-12-18-32(41)47(35,5)6;1-41(2)26-13-7-8-18-33(26)47-34-22-21-30-39-36(34)44(35-25(19-20-29(41)38(35)47)32-17-9-10-23-45(32)44)46-24-12-16-31-40(46)48(39)37-27(42(30,3)4)14-11-15-28(37)43(31,5)6/h7-27H,1-6H3;7-24H,1-6H3/q2*+2. The highest BCUT2D eigenvalue weighted by Crippen LogP contribution is 2.73. The van der Waals surface area contributed by atoms with Crippen LogP contribution in [0.25, 0.3) is 28.1 Å². The highest BCUT2D eigenvalue weighted by Gasteiger charge is 2.75. The molecule has 9 aromatic carbocycles. The van der Waals surface area contributed by atoms with Crippen molar-refractivity contribution in [1.29, 1.82) is 0 Å². The first kappa shape index (κ1) is 55.7. The van der Waals surface area contributed by atoms with Crippen molar-refractivity contribution in [2.75, 3.05) is 19.6 Å². The minimum atomic E-state index is -0.689. The number of anilines is 12. The lowest BCUT2D eigenvalue weighted by Gasteiger charge is -2.52. The number of nitrogens with zero attached hydrogens (tertiary/aromatic N) is 9. The quantitative estimate of drug-likeness (QED) is 0.153. The Morgan fingerprint density at radius 3 is 1.19 bits per heavy atom. The molecular weight excluding hydrogens is 1230 g/mol. The molecule has 2 atom stereocenters. The third-order valence-electron chi connectivity index (χ3n) is 27.3. The summed E-state index contributed by atoms with van der Waals surface area (Å²) < 4.78 is 13.0. The molecule has 0 N–H and O–H groups in total. The van der Waals surface area contributed by atoms with Gasteiger partial charge in [-0.05, 0) is 94.5 Å². The summed E-state index contributed by atoms with van der Waals surface area (Å²) in [5.74, 6) is 2.57. The number of rotatable bonds is 1. The average molecular weight is 1310 g/mol. The van der Waals surface area contributed by atoms with E-state index >= 15 is 0 Å². The van der Waals surface area contributed by atoms with Crippen molar-refractivity contribution in [1.82, 2.24) is 4.68 Å². The van der Waals surface area contributed by atoms with Crippen molar-refractivity contribution in [3.8, 4) is 28.1 Å². The minimum Gasteiger partial charge on any atom is -0.308 e. The Hall–Kier alpha value is -11.2. The topological polar surface area (TPSA) is 33.4 Å². The van der Waals surface area contributed by atoms with E-state index in [1.165, 1.54) is 186 Å². The number of hydrogen-bond acceptors (Lipinski definition) is 4. The monoisotopic (exact) mass is 1310 g/mol. The number of benzene rings is 9. The number of hydrogen-bond donors (Lipinski definition) is 0. The van der Waals surface area contributed by atoms with Crippen LogP contribution in [0, 0.1) is 0 Å². The summed E-state index contributed by atoms with van der Waals surface area (Å²) in [6, 6.07) is 78.8. The van der Waals surface area contributed by atoms with Crippen LogP contribution in [0.1, 0.15) is 172 Å². The zero-order valence-corrected chi connectivity index (χ0v) is 59.0. The zero-order valence-electron chi connectivity index (χ0n) is 59.0. The van der Waals surface area contributed by atoms with Gasteiger partial charge in [-0.3, -0.25) is 0 Å². The fraction of sp³-hybridized carbons (Fsp3) is 0.217. The van der Waals surface area contributed by atoms with E-state index in [0.717, 1.165) is 0 Å². The van der Waals surface area contributed by atoms with E-state index in [9.17, 15) is 0 Å². The summed E-state index contributed by atoms with van der Waals surface area (Å²) in [7, 11) is 0. The minimum absolute atomic E-state index is 0.164. The molecule has 2 unspecified atom stereocenters. The normalized spacial score (nSPS) is 21.1. The Bertz CT molecular complexity index is 6180. The van der Waals surface area contributed by atoms with Gasteiger partial charge in [0.25, 0.3) is 11.6 Å². The van der Waals surface area contributed by atoms with Gasteiger partial charge in [0.05, 0.1) is 75.0 Å². The van der Waals surface area contributed by atoms with E-state index in [0.29, 0.717) is 0 Å². The molecule has 12 aliphatic rings. The van der Waals surface area contributed by atoms with Gasteiger partial charge in [-0.2, -0.15) is 18.9 Å². The summed E-state index contributed by atoms with van der Waals surface area (Å²) in [5, 5.41) is 0. The van der Waals surface area contributed by atoms with Crippen LogP contribution in [0.4, 0.5) is 68.5 Å². The Morgan fingerprint density at radius 2 is 0.644 bits per heavy atom. The highest BCUT2D eigenvalue weighted by molar-refractivity contribution is 6.05. The first-order valence-corrected chi connectivity index (χ1v) is 36.4. The second kappa shape index (κ2) is 16.8. The van der Waals surface area contributed by atoms with Gasteiger partial charge >= 0.3 is 11.3 Å². The molecule has 0 fully saturated rings. The van der Waals surface area contributed by atoms with E-state index < -0.39 is 11.3 Å². The maximum atomic E-state index is 2.68. The molecule has 2 spiro atoms. The zero-order chi connectivity index (χ0) is 67.8.